The van der Waals surface area contributed by atoms with Gasteiger partial charge in [-0.15, -0.1) is 0 Å². The van der Waals surface area contributed by atoms with Gasteiger partial charge in [0.05, 0.1) is 19.3 Å². The number of hydrogen-bond donors (Lipinski definition) is 2. The predicted octanol–water partition coefficient (Wildman–Crippen LogP) is 3.99. The summed E-state index contributed by atoms with van der Waals surface area (Å²) in [6.45, 7) is 9.64. The van der Waals surface area contributed by atoms with Crippen molar-refractivity contribution in [2.24, 2.45) is 4.99 Å². The molecular formula is C25H34N4O2. The van der Waals surface area contributed by atoms with E-state index >= 15 is 0 Å². The number of carbonyl (C=O) groups excluding carboxylic acids is 1. The van der Waals surface area contributed by atoms with Crippen LogP contribution in [0.25, 0.3) is 0 Å². The average molecular weight is 423 g/mol. The molecule has 0 unspecified atom stereocenters. The molecule has 0 radical (unpaired) electrons. The highest BCUT2D eigenvalue weighted by atomic mass is 16.5. The van der Waals surface area contributed by atoms with Gasteiger partial charge in [-0.2, -0.15) is 0 Å². The molecule has 2 aromatic rings. The maximum Gasteiger partial charge on any atom is 0.227 e. The number of nitrogens with one attached hydrogen (secondary N) is 2. The summed E-state index contributed by atoms with van der Waals surface area (Å²) in [5.74, 6) is 0.998. The van der Waals surface area contributed by atoms with Gasteiger partial charge in [0.15, 0.2) is 5.96 Å². The van der Waals surface area contributed by atoms with Crippen LogP contribution >= 0.6 is 0 Å². The Morgan fingerprint density at radius 1 is 1.10 bits per heavy atom. The van der Waals surface area contributed by atoms with Crippen molar-refractivity contribution >= 4 is 17.6 Å². The van der Waals surface area contributed by atoms with Crippen LogP contribution in [0.2, 0.25) is 0 Å². The van der Waals surface area contributed by atoms with Crippen LogP contribution in [0.4, 0.5) is 5.69 Å². The maximum absolute atomic E-state index is 11.9. The highest BCUT2D eigenvalue weighted by Gasteiger charge is 2.21. The lowest BCUT2D eigenvalue weighted by Crippen LogP contribution is -2.36. The second kappa shape index (κ2) is 11.5. The smallest absolute Gasteiger partial charge is 0.227 e. The van der Waals surface area contributed by atoms with Gasteiger partial charge in [-0.25, -0.2) is 4.99 Å². The molecule has 31 heavy (non-hydrogen) atoms. The summed E-state index contributed by atoms with van der Waals surface area (Å²) in [7, 11) is 0. The van der Waals surface area contributed by atoms with E-state index in [4.69, 9.17) is 9.73 Å². The van der Waals surface area contributed by atoms with E-state index in [1.54, 1.807) is 0 Å². The first-order valence-electron chi connectivity index (χ1n) is 11.2. The van der Waals surface area contributed by atoms with Gasteiger partial charge >= 0.3 is 0 Å². The second-order valence-electron chi connectivity index (χ2n) is 8.04. The second-order valence-corrected chi connectivity index (χ2v) is 8.04. The minimum Gasteiger partial charge on any atom is -0.374 e. The van der Waals surface area contributed by atoms with E-state index in [0.717, 1.165) is 47.8 Å². The van der Waals surface area contributed by atoms with Gasteiger partial charge in [0.1, 0.15) is 0 Å². The summed E-state index contributed by atoms with van der Waals surface area (Å²) in [6.07, 6.45) is 1.81. The molecule has 0 bridgehead atoms. The normalized spacial score (nSPS) is 14.4. The number of anilines is 1. The van der Waals surface area contributed by atoms with Crippen LogP contribution in [-0.4, -0.2) is 31.1 Å². The Morgan fingerprint density at radius 2 is 1.87 bits per heavy atom. The van der Waals surface area contributed by atoms with Crippen molar-refractivity contribution in [3.05, 3.63) is 65.2 Å². The molecule has 1 saturated heterocycles. The van der Waals surface area contributed by atoms with Crippen LogP contribution in [0, 0.1) is 0 Å². The molecule has 0 aliphatic carbocycles. The third-order valence-corrected chi connectivity index (χ3v) is 5.12. The molecule has 1 aliphatic rings. The lowest BCUT2D eigenvalue weighted by molar-refractivity contribution is -0.117. The molecule has 0 saturated carbocycles. The van der Waals surface area contributed by atoms with Gasteiger partial charge < -0.3 is 20.3 Å². The van der Waals surface area contributed by atoms with Gasteiger partial charge in [-0.05, 0) is 56.0 Å². The first-order valence-corrected chi connectivity index (χ1v) is 11.2. The minimum absolute atomic E-state index is 0.215. The van der Waals surface area contributed by atoms with E-state index < -0.39 is 0 Å². The van der Waals surface area contributed by atoms with Crippen molar-refractivity contribution in [2.45, 2.75) is 59.4 Å². The van der Waals surface area contributed by atoms with Crippen molar-refractivity contribution < 1.29 is 9.53 Å². The summed E-state index contributed by atoms with van der Waals surface area (Å²) >= 11 is 0. The fourth-order valence-corrected chi connectivity index (χ4v) is 3.49. The van der Waals surface area contributed by atoms with E-state index in [-0.39, 0.29) is 12.0 Å². The Bertz CT molecular complexity index is 877. The Morgan fingerprint density at radius 3 is 2.55 bits per heavy atom. The summed E-state index contributed by atoms with van der Waals surface area (Å²) in [5.41, 5.74) is 4.44. The molecule has 1 fully saturated rings. The van der Waals surface area contributed by atoms with E-state index in [0.29, 0.717) is 26.1 Å². The number of benzene rings is 2. The van der Waals surface area contributed by atoms with E-state index in [1.807, 2.05) is 30.9 Å². The fourth-order valence-electron chi connectivity index (χ4n) is 3.49. The minimum atomic E-state index is 0.215. The molecular weight excluding hydrogens is 388 g/mol. The molecule has 1 heterocycles. The molecule has 166 valence electrons. The molecule has 1 amide bonds. The largest absolute Gasteiger partial charge is 0.374 e. The summed E-state index contributed by atoms with van der Waals surface area (Å²) in [6, 6.07) is 16.5. The van der Waals surface area contributed by atoms with Crippen molar-refractivity contribution in [3.63, 3.8) is 0 Å². The average Bonchev–Trinajstić information content (AvgIpc) is 3.21. The van der Waals surface area contributed by atoms with Crippen LogP contribution in [0.5, 0.6) is 0 Å². The number of nitrogens with zero attached hydrogens (tertiary/aromatic N) is 2. The lowest BCUT2D eigenvalue weighted by atomic mass is 10.1. The molecule has 1 aliphatic heterocycles. The molecule has 2 aromatic carbocycles. The van der Waals surface area contributed by atoms with Crippen LogP contribution in [0.3, 0.4) is 0 Å². The van der Waals surface area contributed by atoms with Crippen molar-refractivity contribution in [2.75, 3.05) is 18.0 Å². The predicted molar refractivity (Wildman–Crippen MR) is 126 cm³/mol. The number of guanidine groups is 1. The molecule has 3 rings (SSSR count). The first-order chi connectivity index (χ1) is 15.0. The van der Waals surface area contributed by atoms with Crippen molar-refractivity contribution in [3.8, 4) is 0 Å². The van der Waals surface area contributed by atoms with Gasteiger partial charge in [-0.1, -0.05) is 36.4 Å². The topological polar surface area (TPSA) is 66.0 Å². The molecule has 0 spiro atoms. The summed E-state index contributed by atoms with van der Waals surface area (Å²) in [5, 5.41) is 6.69. The number of aliphatic imine (C=N–C) groups is 1. The Labute approximate surface area is 185 Å². The van der Waals surface area contributed by atoms with Gasteiger partial charge in [-0.3, -0.25) is 4.79 Å². The summed E-state index contributed by atoms with van der Waals surface area (Å²) in [4.78, 5) is 18.5. The van der Waals surface area contributed by atoms with E-state index in [2.05, 4.69) is 54.0 Å². The van der Waals surface area contributed by atoms with Crippen LogP contribution in [0.15, 0.2) is 53.5 Å². The number of carbonyl (C=O) groups is 1. The third-order valence-electron chi connectivity index (χ3n) is 5.12. The molecule has 6 nitrogen and oxygen atoms in total. The SMILES string of the molecule is CCNC(=NCc1cccc(COC(C)C)c1)NCc1ccc(N2CCCC2=O)cc1. The highest BCUT2D eigenvalue weighted by molar-refractivity contribution is 5.95. The monoisotopic (exact) mass is 422 g/mol. The first kappa shape index (κ1) is 22.8. The quantitative estimate of drug-likeness (QED) is 0.474. The zero-order valence-electron chi connectivity index (χ0n) is 18.9. The van der Waals surface area contributed by atoms with E-state index in [1.165, 1.54) is 0 Å². The summed E-state index contributed by atoms with van der Waals surface area (Å²) < 4.78 is 5.70. The Kier molecular flexibility index (Phi) is 8.47. The van der Waals surface area contributed by atoms with Crippen LogP contribution in [-0.2, 0) is 29.2 Å². The molecule has 6 heteroatoms. The number of amides is 1. The van der Waals surface area contributed by atoms with Crippen molar-refractivity contribution in [1.29, 1.82) is 0 Å². The molecule has 0 atom stereocenters. The van der Waals surface area contributed by atoms with Gasteiger partial charge in [0, 0.05) is 31.7 Å². The Balaban J connectivity index is 1.56. The molecule has 0 aromatic heterocycles. The number of rotatable bonds is 9. The van der Waals surface area contributed by atoms with Crippen LogP contribution in [0.1, 0.15) is 50.3 Å². The van der Waals surface area contributed by atoms with Crippen LogP contribution < -0.4 is 15.5 Å². The lowest BCUT2D eigenvalue weighted by Gasteiger charge is -2.16. The highest BCUT2D eigenvalue weighted by Crippen LogP contribution is 2.21. The molecule has 2 N–H and O–H groups in total. The zero-order valence-corrected chi connectivity index (χ0v) is 18.9. The van der Waals surface area contributed by atoms with Crippen molar-refractivity contribution in [1.82, 2.24) is 10.6 Å². The Hall–Kier alpha value is -2.86. The van der Waals surface area contributed by atoms with Gasteiger partial charge in [0.2, 0.25) is 5.91 Å². The standard InChI is InChI=1S/C25H34N4O2/c1-4-26-25(28-17-21-7-5-8-22(15-21)18-31-19(2)3)27-16-20-10-12-23(13-11-20)29-14-6-9-24(29)30/h5,7-8,10-13,15,19H,4,6,9,14,16-18H2,1-3H3,(H2,26,27,28). The number of ether oxygens (including phenoxy) is 1. The number of hydrogen-bond acceptors (Lipinski definition) is 3. The van der Waals surface area contributed by atoms with E-state index in [9.17, 15) is 4.79 Å². The maximum atomic E-state index is 11.9. The zero-order chi connectivity index (χ0) is 22.1. The third kappa shape index (κ3) is 7.10. The van der Waals surface area contributed by atoms with Gasteiger partial charge in [0.25, 0.3) is 0 Å². The fraction of sp³-hybridized carbons (Fsp3) is 0.440.